The predicted molar refractivity (Wildman–Crippen MR) is 54.4 cm³/mol. The first-order valence-corrected chi connectivity index (χ1v) is 4.38. The van der Waals surface area contributed by atoms with Gasteiger partial charge in [0, 0.05) is 0 Å². The van der Waals surface area contributed by atoms with Gasteiger partial charge in [0.15, 0.2) is 5.92 Å². The van der Waals surface area contributed by atoms with Gasteiger partial charge in [-0.1, -0.05) is 13.8 Å². The molecule has 0 aromatic carbocycles. The molecule has 0 aromatic heterocycles. The maximum atomic E-state index is 11.1. The minimum atomic E-state index is -1.10. The van der Waals surface area contributed by atoms with E-state index in [0.29, 0.717) is 6.42 Å². The Kier molecular flexibility index (Phi) is 10.7. The van der Waals surface area contributed by atoms with Crippen LogP contribution in [0.4, 0.5) is 0 Å². The molecule has 1 N–H and O–H groups in total. The summed E-state index contributed by atoms with van der Waals surface area (Å²) in [7, 11) is 0. The van der Waals surface area contributed by atoms with Crippen molar-refractivity contribution in [2.75, 3.05) is 6.61 Å². The number of esters is 1. The SMILES string of the molecule is CCOC(=O)C(CC(C)C)C(=O)O.[KH]. The van der Waals surface area contributed by atoms with Crippen molar-refractivity contribution < 1.29 is 19.4 Å². The molecule has 1 unspecified atom stereocenters. The zero-order valence-corrected chi connectivity index (χ0v) is 8.24. The van der Waals surface area contributed by atoms with Gasteiger partial charge in [0.25, 0.3) is 0 Å². The summed E-state index contributed by atoms with van der Waals surface area (Å²) in [6.45, 7) is 5.62. The molecule has 4 nitrogen and oxygen atoms in total. The van der Waals surface area contributed by atoms with Gasteiger partial charge in [0.05, 0.1) is 6.61 Å². The predicted octanol–water partition coefficient (Wildman–Crippen LogP) is 0.648. The first-order chi connectivity index (χ1) is 5.99. The van der Waals surface area contributed by atoms with Gasteiger partial charge >= 0.3 is 63.3 Å². The van der Waals surface area contributed by atoms with Gasteiger partial charge in [-0.2, -0.15) is 0 Å². The third-order valence-electron chi connectivity index (χ3n) is 1.58. The van der Waals surface area contributed by atoms with Gasteiger partial charge < -0.3 is 9.84 Å². The molecule has 0 aliphatic carbocycles. The third-order valence-corrected chi connectivity index (χ3v) is 1.58. The number of carboxylic acids is 1. The van der Waals surface area contributed by atoms with Crippen LogP contribution in [-0.2, 0) is 14.3 Å². The van der Waals surface area contributed by atoms with Crippen LogP contribution in [0.2, 0.25) is 0 Å². The van der Waals surface area contributed by atoms with E-state index in [1.807, 2.05) is 13.8 Å². The fourth-order valence-corrected chi connectivity index (χ4v) is 1.01. The van der Waals surface area contributed by atoms with Crippen molar-refractivity contribution in [3.63, 3.8) is 0 Å². The molecule has 0 aromatic rings. The van der Waals surface area contributed by atoms with E-state index in [2.05, 4.69) is 4.74 Å². The molecule has 0 aliphatic heterocycles. The molecule has 0 aliphatic rings. The van der Waals surface area contributed by atoms with Gasteiger partial charge in [0.1, 0.15) is 0 Å². The van der Waals surface area contributed by atoms with Gasteiger partial charge in [0.2, 0.25) is 0 Å². The second-order valence-corrected chi connectivity index (χ2v) is 3.27. The topological polar surface area (TPSA) is 63.6 Å². The van der Waals surface area contributed by atoms with Crippen molar-refractivity contribution in [1.82, 2.24) is 0 Å². The molecule has 0 saturated heterocycles. The fraction of sp³-hybridized carbons (Fsp3) is 0.778. The van der Waals surface area contributed by atoms with Crippen molar-refractivity contribution in [3.05, 3.63) is 0 Å². The molecule has 0 fully saturated rings. The second kappa shape index (κ2) is 8.85. The number of ether oxygens (including phenoxy) is 1. The third kappa shape index (κ3) is 6.95. The Bertz CT molecular complexity index is 191. The first kappa shape index (κ1) is 17.0. The fourth-order valence-electron chi connectivity index (χ4n) is 1.01. The van der Waals surface area contributed by atoms with Crippen LogP contribution in [0.25, 0.3) is 0 Å². The molecule has 0 radical (unpaired) electrons. The van der Waals surface area contributed by atoms with Crippen molar-refractivity contribution >= 4 is 63.3 Å². The molecule has 0 bridgehead atoms. The van der Waals surface area contributed by atoms with Crippen molar-refractivity contribution in [2.24, 2.45) is 11.8 Å². The first-order valence-electron chi connectivity index (χ1n) is 4.38. The van der Waals surface area contributed by atoms with Crippen LogP contribution in [0.3, 0.4) is 0 Å². The van der Waals surface area contributed by atoms with E-state index < -0.39 is 17.9 Å². The molecule has 14 heavy (non-hydrogen) atoms. The summed E-state index contributed by atoms with van der Waals surface area (Å²) >= 11 is 0. The van der Waals surface area contributed by atoms with Crippen LogP contribution in [-0.4, -0.2) is 75.0 Å². The summed E-state index contributed by atoms with van der Waals surface area (Å²) in [4.78, 5) is 21.8. The quantitative estimate of drug-likeness (QED) is 0.426. The number of hydrogen-bond donors (Lipinski definition) is 1. The standard InChI is InChI=1S/C9H16O4.K.H/c1-4-13-9(12)7(8(10)11)5-6(2)3;;/h6-7H,4-5H2,1-3H3,(H,10,11);;. The van der Waals surface area contributed by atoms with Crippen molar-refractivity contribution in [1.29, 1.82) is 0 Å². The van der Waals surface area contributed by atoms with Gasteiger partial charge in [-0.15, -0.1) is 0 Å². The molecular formula is C9H17KO4. The van der Waals surface area contributed by atoms with E-state index in [0.717, 1.165) is 0 Å². The maximum absolute atomic E-state index is 11.1. The van der Waals surface area contributed by atoms with E-state index in [4.69, 9.17) is 5.11 Å². The van der Waals surface area contributed by atoms with Crippen molar-refractivity contribution in [3.8, 4) is 0 Å². The summed E-state index contributed by atoms with van der Waals surface area (Å²) in [6.07, 6.45) is 0.328. The normalized spacial score (nSPS) is 11.7. The average molecular weight is 228 g/mol. The van der Waals surface area contributed by atoms with Crippen LogP contribution in [0, 0.1) is 11.8 Å². The van der Waals surface area contributed by atoms with Crippen LogP contribution in [0.5, 0.6) is 0 Å². The van der Waals surface area contributed by atoms with E-state index in [9.17, 15) is 9.59 Å². The Labute approximate surface area is 127 Å². The molecule has 1 atom stereocenters. The minimum absolute atomic E-state index is 0. The molecule has 0 spiro atoms. The Balaban J connectivity index is 0. The summed E-state index contributed by atoms with van der Waals surface area (Å²) < 4.78 is 4.65. The molecule has 5 heteroatoms. The summed E-state index contributed by atoms with van der Waals surface area (Å²) in [6, 6.07) is 0. The number of aliphatic carboxylic acids is 1. The van der Waals surface area contributed by atoms with E-state index in [1.165, 1.54) is 0 Å². The van der Waals surface area contributed by atoms with Crippen LogP contribution >= 0.6 is 0 Å². The number of carbonyl (C=O) groups excluding carboxylic acids is 1. The van der Waals surface area contributed by atoms with Gasteiger partial charge in [-0.05, 0) is 19.3 Å². The Morgan fingerprint density at radius 1 is 1.36 bits per heavy atom. The Morgan fingerprint density at radius 3 is 2.14 bits per heavy atom. The summed E-state index contributed by atoms with van der Waals surface area (Å²) in [5.74, 6) is -2.58. The second-order valence-electron chi connectivity index (χ2n) is 3.27. The van der Waals surface area contributed by atoms with Gasteiger partial charge in [-0.3, -0.25) is 9.59 Å². The molecule has 0 saturated carbocycles. The van der Waals surface area contributed by atoms with Crippen molar-refractivity contribution in [2.45, 2.75) is 27.2 Å². The molecule has 0 rings (SSSR count). The number of rotatable bonds is 5. The zero-order chi connectivity index (χ0) is 10.4. The number of hydrogen-bond acceptors (Lipinski definition) is 3. The summed E-state index contributed by atoms with van der Waals surface area (Å²) in [5, 5.41) is 8.72. The molecular weight excluding hydrogens is 211 g/mol. The number of carboxylic acid groups (broad SMARTS) is 1. The van der Waals surface area contributed by atoms with Crippen LogP contribution < -0.4 is 0 Å². The van der Waals surface area contributed by atoms with Crippen LogP contribution in [0.1, 0.15) is 27.2 Å². The molecule has 0 amide bonds. The molecule has 78 valence electrons. The van der Waals surface area contributed by atoms with Gasteiger partial charge in [-0.25, -0.2) is 0 Å². The summed E-state index contributed by atoms with van der Waals surface area (Å²) in [5.41, 5.74) is 0. The number of carbonyl (C=O) groups is 2. The van der Waals surface area contributed by atoms with E-state index in [-0.39, 0.29) is 63.9 Å². The zero-order valence-electron chi connectivity index (χ0n) is 8.24. The molecule has 0 heterocycles. The monoisotopic (exact) mass is 228 g/mol. The Hall–Kier alpha value is 0.576. The Morgan fingerprint density at radius 2 is 1.86 bits per heavy atom. The average Bonchev–Trinajstić information content (AvgIpc) is 1.99. The van der Waals surface area contributed by atoms with E-state index >= 15 is 0 Å². The van der Waals surface area contributed by atoms with Crippen LogP contribution in [0.15, 0.2) is 0 Å². The van der Waals surface area contributed by atoms with E-state index in [1.54, 1.807) is 6.92 Å².